The lowest BCUT2D eigenvalue weighted by molar-refractivity contribution is 0.206. The molecule has 1 aliphatic heterocycles. The Labute approximate surface area is 115 Å². The van der Waals surface area contributed by atoms with Crippen molar-refractivity contribution in [2.45, 2.75) is 25.9 Å². The minimum atomic E-state index is 0.572. The van der Waals surface area contributed by atoms with Gasteiger partial charge in [-0.15, -0.1) is 0 Å². The van der Waals surface area contributed by atoms with E-state index >= 15 is 0 Å². The van der Waals surface area contributed by atoms with Crippen LogP contribution in [0, 0.1) is 0 Å². The number of fused-ring (bicyclic) bond motifs is 1. The lowest BCUT2D eigenvalue weighted by atomic mass is 10.1. The normalized spacial score (nSPS) is 24.9. The van der Waals surface area contributed by atoms with Crippen LogP contribution in [-0.2, 0) is 0 Å². The minimum Gasteiger partial charge on any atom is -0.366 e. The molecule has 0 saturated carbocycles. The Kier molecular flexibility index (Phi) is 3.19. The van der Waals surface area contributed by atoms with Crippen molar-refractivity contribution < 1.29 is 0 Å². The molecular formula is C17H22N2. The van der Waals surface area contributed by atoms with E-state index in [-0.39, 0.29) is 0 Å². The molecule has 1 aliphatic rings. The van der Waals surface area contributed by atoms with Gasteiger partial charge in [0.25, 0.3) is 0 Å². The van der Waals surface area contributed by atoms with Gasteiger partial charge in [-0.2, -0.15) is 0 Å². The summed E-state index contributed by atoms with van der Waals surface area (Å²) in [6.45, 7) is 6.86. The van der Waals surface area contributed by atoms with Crippen LogP contribution in [-0.4, -0.2) is 37.1 Å². The third kappa shape index (κ3) is 2.33. The van der Waals surface area contributed by atoms with Gasteiger partial charge in [-0.3, -0.25) is 4.90 Å². The van der Waals surface area contributed by atoms with Gasteiger partial charge >= 0.3 is 0 Å². The van der Waals surface area contributed by atoms with Crippen LogP contribution in [0.2, 0.25) is 0 Å². The van der Waals surface area contributed by atoms with Crippen LogP contribution in [0.3, 0.4) is 0 Å². The van der Waals surface area contributed by atoms with Crippen LogP contribution < -0.4 is 4.90 Å². The minimum absolute atomic E-state index is 0.572. The van der Waals surface area contributed by atoms with Gasteiger partial charge in [-0.25, -0.2) is 0 Å². The summed E-state index contributed by atoms with van der Waals surface area (Å²) in [5.41, 5.74) is 1.35. The summed E-state index contributed by atoms with van der Waals surface area (Å²) in [5, 5.41) is 2.65. The third-order valence-electron chi connectivity index (χ3n) is 4.36. The molecule has 0 aromatic heterocycles. The second-order valence-electron chi connectivity index (χ2n) is 5.82. The zero-order valence-corrected chi connectivity index (χ0v) is 12.0. The lowest BCUT2D eigenvalue weighted by Gasteiger charge is -2.43. The molecule has 1 heterocycles. The van der Waals surface area contributed by atoms with Crippen molar-refractivity contribution in [1.82, 2.24) is 4.90 Å². The van der Waals surface area contributed by atoms with Crippen LogP contribution in [0.1, 0.15) is 13.8 Å². The average molecular weight is 254 g/mol. The van der Waals surface area contributed by atoms with Crippen LogP contribution in [0.15, 0.2) is 42.5 Å². The van der Waals surface area contributed by atoms with Crippen molar-refractivity contribution in [3.63, 3.8) is 0 Å². The molecule has 2 heteroatoms. The van der Waals surface area contributed by atoms with Gasteiger partial charge < -0.3 is 4.90 Å². The molecule has 1 fully saturated rings. The number of benzene rings is 2. The Balaban J connectivity index is 1.95. The Morgan fingerprint density at radius 1 is 0.895 bits per heavy atom. The largest absolute Gasteiger partial charge is 0.366 e. The van der Waals surface area contributed by atoms with Gasteiger partial charge in [-0.1, -0.05) is 30.3 Å². The molecule has 2 unspecified atom stereocenters. The van der Waals surface area contributed by atoms with Crippen LogP contribution in [0.25, 0.3) is 10.8 Å². The molecule has 0 bridgehead atoms. The van der Waals surface area contributed by atoms with E-state index in [1.807, 2.05) is 0 Å². The van der Waals surface area contributed by atoms with Gasteiger partial charge in [0.05, 0.1) is 0 Å². The first-order valence-electron chi connectivity index (χ1n) is 7.11. The van der Waals surface area contributed by atoms with E-state index in [2.05, 4.69) is 73.2 Å². The summed E-state index contributed by atoms with van der Waals surface area (Å²) in [5.74, 6) is 0. The van der Waals surface area contributed by atoms with Crippen molar-refractivity contribution in [2.24, 2.45) is 0 Å². The van der Waals surface area contributed by atoms with E-state index < -0.39 is 0 Å². The quantitative estimate of drug-likeness (QED) is 0.770. The van der Waals surface area contributed by atoms with Gasteiger partial charge in [0.1, 0.15) is 0 Å². The van der Waals surface area contributed by atoms with E-state index in [0.717, 1.165) is 13.1 Å². The number of hydrogen-bond donors (Lipinski definition) is 0. The summed E-state index contributed by atoms with van der Waals surface area (Å²) < 4.78 is 0. The van der Waals surface area contributed by atoms with Crippen molar-refractivity contribution in [2.75, 3.05) is 25.0 Å². The maximum absolute atomic E-state index is 2.54. The van der Waals surface area contributed by atoms with Gasteiger partial charge in [0.15, 0.2) is 0 Å². The van der Waals surface area contributed by atoms with Crippen LogP contribution in [0.5, 0.6) is 0 Å². The van der Waals surface area contributed by atoms with E-state index in [0.29, 0.717) is 12.1 Å². The average Bonchev–Trinajstić information content (AvgIpc) is 2.42. The van der Waals surface area contributed by atoms with E-state index in [9.17, 15) is 0 Å². The Bertz CT molecular complexity index is 578. The Morgan fingerprint density at radius 2 is 1.63 bits per heavy atom. The second kappa shape index (κ2) is 4.86. The smallest absolute Gasteiger partial charge is 0.0389 e. The predicted octanol–water partition coefficient (Wildman–Crippen LogP) is 3.37. The molecule has 0 N–H and O–H groups in total. The molecule has 100 valence electrons. The molecule has 2 nitrogen and oxygen atoms in total. The highest BCUT2D eigenvalue weighted by Gasteiger charge is 2.26. The first-order valence-corrected chi connectivity index (χ1v) is 7.11. The fraction of sp³-hybridized carbons (Fsp3) is 0.412. The molecule has 0 aliphatic carbocycles. The van der Waals surface area contributed by atoms with Gasteiger partial charge in [0, 0.05) is 30.9 Å². The number of likely N-dealkylation sites (N-methyl/N-ethyl adjacent to an activating group) is 1. The highest BCUT2D eigenvalue weighted by atomic mass is 15.3. The summed E-state index contributed by atoms with van der Waals surface area (Å²) >= 11 is 0. The zero-order chi connectivity index (χ0) is 13.4. The van der Waals surface area contributed by atoms with Crippen molar-refractivity contribution in [3.05, 3.63) is 42.5 Å². The predicted molar refractivity (Wildman–Crippen MR) is 82.8 cm³/mol. The lowest BCUT2D eigenvalue weighted by Crippen LogP contribution is -2.55. The molecule has 2 aromatic rings. The van der Waals surface area contributed by atoms with Crippen LogP contribution in [0.4, 0.5) is 5.69 Å². The molecule has 3 rings (SSSR count). The van der Waals surface area contributed by atoms with E-state index in [4.69, 9.17) is 0 Å². The zero-order valence-electron chi connectivity index (χ0n) is 12.0. The van der Waals surface area contributed by atoms with E-state index in [1.165, 1.54) is 16.5 Å². The highest BCUT2D eigenvalue weighted by Crippen LogP contribution is 2.26. The molecule has 2 aromatic carbocycles. The summed E-state index contributed by atoms with van der Waals surface area (Å²) in [7, 11) is 2.22. The van der Waals surface area contributed by atoms with E-state index in [1.54, 1.807) is 0 Å². The molecular weight excluding hydrogens is 232 g/mol. The second-order valence-corrected chi connectivity index (χ2v) is 5.82. The summed E-state index contributed by atoms with van der Waals surface area (Å²) in [6.07, 6.45) is 0. The maximum atomic E-state index is 2.54. The molecule has 0 spiro atoms. The van der Waals surface area contributed by atoms with Crippen molar-refractivity contribution in [1.29, 1.82) is 0 Å². The molecule has 19 heavy (non-hydrogen) atoms. The first-order chi connectivity index (χ1) is 9.15. The topological polar surface area (TPSA) is 6.48 Å². The SMILES string of the molecule is CC1CN(c2ccc3ccccc3c2)C(C)CN1C. The first kappa shape index (κ1) is 12.5. The maximum Gasteiger partial charge on any atom is 0.0389 e. The number of nitrogens with zero attached hydrogens (tertiary/aromatic N) is 2. The fourth-order valence-electron chi connectivity index (χ4n) is 3.01. The van der Waals surface area contributed by atoms with Gasteiger partial charge in [-0.05, 0) is 43.8 Å². The van der Waals surface area contributed by atoms with Crippen molar-refractivity contribution >= 4 is 16.5 Å². The Morgan fingerprint density at radius 3 is 2.42 bits per heavy atom. The monoisotopic (exact) mass is 254 g/mol. The molecule has 1 saturated heterocycles. The number of rotatable bonds is 1. The fourth-order valence-corrected chi connectivity index (χ4v) is 3.01. The number of hydrogen-bond acceptors (Lipinski definition) is 2. The molecule has 0 amide bonds. The van der Waals surface area contributed by atoms with Crippen molar-refractivity contribution in [3.8, 4) is 0 Å². The highest BCUT2D eigenvalue weighted by molar-refractivity contribution is 5.85. The third-order valence-corrected chi connectivity index (χ3v) is 4.36. The molecule has 0 radical (unpaired) electrons. The Hall–Kier alpha value is -1.54. The number of anilines is 1. The summed E-state index contributed by atoms with van der Waals surface area (Å²) in [6, 6.07) is 16.6. The standard InChI is InChI=1S/C17H22N2/c1-13-12-19(14(2)11-18(13)3)17-9-8-15-6-4-5-7-16(15)10-17/h4-10,13-14H,11-12H2,1-3H3. The van der Waals surface area contributed by atoms with Crippen LogP contribution >= 0.6 is 0 Å². The number of piperazine rings is 1. The molecule has 2 atom stereocenters. The van der Waals surface area contributed by atoms with Gasteiger partial charge in [0.2, 0.25) is 0 Å². The summed E-state index contributed by atoms with van der Waals surface area (Å²) in [4.78, 5) is 4.99.